The number of methoxy groups -OCH3 is 1. The molecule has 0 amide bonds. The van der Waals surface area contributed by atoms with Crippen LogP contribution in [0.5, 0.6) is 0 Å². The molecule has 0 unspecified atom stereocenters. The molecule has 5 aromatic rings. The van der Waals surface area contributed by atoms with Crippen molar-refractivity contribution in [1.29, 1.82) is 0 Å². The normalized spacial score (nSPS) is 11.5. The van der Waals surface area contributed by atoms with E-state index in [9.17, 15) is 9.59 Å². The Morgan fingerprint density at radius 3 is 2.12 bits per heavy atom. The Labute approximate surface area is 201 Å². The molecule has 0 N–H and O–H groups in total. The second-order valence-corrected chi connectivity index (χ2v) is 12.4. The standard InChI is InChI=1S/C27H22N2O3PS/c1-32-26(31)24-18-29-25(30)17-22(28-27(29)34-24)21-15-9-10-16-23(21)33(2,19-11-5-3-6-12-19)20-13-7-4-8-14-20/h3-18H,1-2H3/q+1. The zero-order valence-corrected chi connectivity index (χ0v) is 20.4. The van der Waals surface area contributed by atoms with Crippen LogP contribution in [0.1, 0.15) is 9.67 Å². The van der Waals surface area contributed by atoms with Gasteiger partial charge in [0.05, 0.1) is 19.5 Å². The van der Waals surface area contributed by atoms with E-state index in [-0.39, 0.29) is 5.56 Å². The van der Waals surface area contributed by atoms with Gasteiger partial charge in [0.2, 0.25) is 0 Å². The monoisotopic (exact) mass is 485 g/mol. The minimum Gasteiger partial charge on any atom is -0.465 e. The van der Waals surface area contributed by atoms with Crippen molar-refractivity contribution in [2.24, 2.45) is 0 Å². The van der Waals surface area contributed by atoms with Crippen LogP contribution in [0.15, 0.2) is 102 Å². The van der Waals surface area contributed by atoms with Gasteiger partial charge in [-0.3, -0.25) is 9.20 Å². The van der Waals surface area contributed by atoms with E-state index in [0.717, 1.165) is 22.2 Å². The number of hydrogen-bond acceptors (Lipinski definition) is 5. The molecule has 168 valence electrons. The summed E-state index contributed by atoms with van der Waals surface area (Å²) in [4.78, 5) is 30.6. The van der Waals surface area contributed by atoms with Crippen LogP contribution >= 0.6 is 18.6 Å². The molecule has 0 bridgehead atoms. The van der Waals surface area contributed by atoms with Gasteiger partial charge in [-0.05, 0) is 36.4 Å². The number of carbonyl (C=O) groups excluding carboxylic acids is 1. The van der Waals surface area contributed by atoms with Crippen LogP contribution in [0.2, 0.25) is 0 Å². The molecule has 0 saturated heterocycles. The van der Waals surface area contributed by atoms with Crippen molar-refractivity contribution in [3.8, 4) is 11.3 Å². The minimum atomic E-state index is -2.04. The van der Waals surface area contributed by atoms with Crippen LogP contribution in [0.3, 0.4) is 0 Å². The van der Waals surface area contributed by atoms with Crippen LogP contribution in [0.4, 0.5) is 0 Å². The molecule has 3 aromatic carbocycles. The highest BCUT2D eigenvalue weighted by molar-refractivity contribution is 7.95. The van der Waals surface area contributed by atoms with Crippen LogP contribution in [-0.2, 0) is 4.74 Å². The minimum absolute atomic E-state index is 0.235. The largest absolute Gasteiger partial charge is 0.465 e. The summed E-state index contributed by atoms with van der Waals surface area (Å²) < 4.78 is 6.21. The van der Waals surface area contributed by atoms with Gasteiger partial charge in [-0.2, -0.15) is 0 Å². The van der Waals surface area contributed by atoms with Gasteiger partial charge in [-0.1, -0.05) is 59.9 Å². The predicted molar refractivity (Wildman–Crippen MR) is 141 cm³/mol. The lowest BCUT2D eigenvalue weighted by molar-refractivity contribution is 0.0606. The molecule has 0 spiro atoms. The molecule has 2 aromatic heterocycles. The Morgan fingerprint density at radius 1 is 0.912 bits per heavy atom. The molecule has 2 heterocycles. The highest BCUT2D eigenvalue weighted by Crippen LogP contribution is 2.53. The van der Waals surface area contributed by atoms with Crippen LogP contribution < -0.4 is 21.5 Å². The number of carbonyl (C=O) groups is 1. The molecule has 0 atom stereocenters. The van der Waals surface area contributed by atoms with E-state index in [1.54, 1.807) is 6.07 Å². The fourth-order valence-corrected chi connectivity index (χ4v) is 8.55. The summed E-state index contributed by atoms with van der Waals surface area (Å²) >= 11 is 1.15. The molecule has 7 heteroatoms. The maximum Gasteiger partial charge on any atom is 0.349 e. The van der Waals surface area contributed by atoms with Crippen molar-refractivity contribution in [3.05, 3.63) is 112 Å². The molecule has 0 aliphatic rings. The first-order valence-corrected chi connectivity index (χ1v) is 13.8. The van der Waals surface area contributed by atoms with Crippen LogP contribution in [0, 0.1) is 0 Å². The van der Waals surface area contributed by atoms with Crippen molar-refractivity contribution < 1.29 is 9.53 Å². The summed E-state index contributed by atoms with van der Waals surface area (Å²) in [6, 6.07) is 30.7. The summed E-state index contributed by atoms with van der Waals surface area (Å²) in [5.74, 6) is -0.483. The van der Waals surface area contributed by atoms with Gasteiger partial charge in [0, 0.05) is 17.8 Å². The molecule has 0 radical (unpaired) electrons. The van der Waals surface area contributed by atoms with Gasteiger partial charge in [-0.15, -0.1) is 0 Å². The number of nitrogens with zero attached hydrogens (tertiary/aromatic N) is 2. The summed E-state index contributed by atoms with van der Waals surface area (Å²) in [5, 5.41) is 3.64. The smallest absolute Gasteiger partial charge is 0.349 e. The fourth-order valence-electron chi connectivity index (χ4n) is 4.20. The number of thiazole rings is 1. The first-order valence-electron chi connectivity index (χ1n) is 10.7. The lowest BCUT2D eigenvalue weighted by Gasteiger charge is -2.25. The molecular weight excluding hydrogens is 463 g/mol. The number of aromatic nitrogens is 2. The molecular formula is C27H22N2O3PS+. The van der Waals surface area contributed by atoms with Gasteiger partial charge in [0.25, 0.3) is 5.56 Å². The maximum absolute atomic E-state index is 13.0. The van der Waals surface area contributed by atoms with E-state index in [2.05, 4.69) is 61.3 Å². The van der Waals surface area contributed by atoms with Crippen LogP contribution in [0.25, 0.3) is 16.2 Å². The lowest BCUT2D eigenvalue weighted by atomic mass is 10.1. The van der Waals surface area contributed by atoms with Crippen LogP contribution in [-0.4, -0.2) is 29.1 Å². The average molecular weight is 486 g/mol. The molecule has 5 nitrogen and oxygen atoms in total. The Hall–Kier alpha value is -3.60. The van der Waals surface area contributed by atoms with Gasteiger partial charge in [0.15, 0.2) is 4.96 Å². The summed E-state index contributed by atoms with van der Waals surface area (Å²) in [5.41, 5.74) is 1.27. The number of benzene rings is 3. The second kappa shape index (κ2) is 8.98. The summed E-state index contributed by atoms with van der Waals surface area (Å²) in [7, 11) is -0.718. The number of esters is 1. The predicted octanol–water partition coefficient (Wildman–Crippen LogP) is 4.13. The number of hydrogen-bond donors (Lipinski definition) is 0. The Balaban J connectivity index is 1.76. The van der Waals surface area contributed by atoms with E-state index < -0.39 is 13.2 Å². The summed E-state index contributed by atoms with van der Waals surface area (Å²) in [6.07, 6.45) is 1.49. The molecule has 5 rings (SSSR count). The van der Waals surface area contributed by atoms with E-state index in [0.29, 0.717) is 15.5 Å². The highest BCUT2D eigenvalue weighted by Gasteiger charge is 2.42. The first-order chi connectivity index (χ1) is 16.5. The SMILES string of the molecule is COC(=O)c1cn2c(=O)cc(-c3ccccc3[P+](C)(c3ccccc3)c3ccccc3)nc2s1. The Morgan fingerprint density at radius 2 is 1.50 bits per heavy atom. The number of rotatable bonds is 5. The fraction of sp³-hybridized carbons (Fsp3) is 0.0741. The molecule has 34 heavy (non-hydrogen) atoms. The van der Waals surface area contributed by atoms with Crippen molar-refractivity contribution >= 4 is 45.4 Å². The van der Waals surface area contributed by atoms with E-state index in [4.69, 9.17) is 9.72 Å². The zero-order chi connectivity index (χ0) is 23.7. The zero-order valence-electron chi connectivity index (χ0n) is 18.7. The molecule has 0 aliphatic carbocycles. The van der Waals surface area contributed by atoms with Gasteiger partial charge >= 0.3 is 5.97 Å². The quantitative estimate of drug-likeness (QED) is 0.277. The van der Waals surface area contributed by atoms with E-state index in [1.807, 2.05) is 30.3 Å². The first kappa shape index (κ1) is 22.2. The van der Waals surface area contributed by atoms with Crippen molar-refractivity contribution in [2.75, 3.05) is 13.8 Å². The summed E-state index contributed by atoms with van der Waals surface area (Å²) in [6.45, 7) is 2.31. The Kier molecular flexibility index (Phi) is 5.86. The third-order valence-corrected chi connectivity index (χ3v) is 10.9. The number of fused-ring (bicyclic) bond motifs is 1. The van der Waals surface area contributed by atoms with E-state index >= 15 is 0 Å². The third kappa shape index (κ3) is 3.75. The number of ether oxygens (including phenoxy) is 1. The maximum atomic E-state index is 13.0. The second-order valence-electron chi connectivity index (χ2n) is 7.91. The third-order valence-electron chi connectivity index (χ3n) is 5.96. The lowest BCUT2D eigenvalue weighted by Crippen LogP contribution is -2.31. The average Bonchev–Trinajstić information content (AvgIpc) is 3.34. The molecule has 0 saturated carbocycles. The molecule has 0 fully saturated rings. The van der Waals surface area contributed by atoms with E-state index in [1.165, 1.54) is 28.3 Å². The van der Waals surface area contributed by atoms with Crippen molar-refractivity contribution in [3.63, 3.8) is 0 Å². The van der Waals surface area contributed by atoms with Crippen molar-refractivity contribution in [2.45, 2.75) is 0 Å². The van der Waals surface area contributed by atoms with Gasteiger partial charge < -0.3 is 4.74 Å². The van der Waals surface area contributed by atoms with Crippen molar-refractivity contribution in [1.82, 2.24) is 9.38 Å². The van der Waals surface area contributed by atoms with Gasteiger partial charge in [-0.25, -0.2) is 9.78 Å². The Bertz CT molecular complexity index is 1510. The topological polar surface area (TPSA) is 60.7 Å². The molecule has 0 aliphatic heterocycles. The van der Waals surface area contributed by atoms with Gasteiger partial charge in [0.1, 0.15) is 28.1 Å². The highest BCUT2D eigenvalue weighted by atomic mass is 32.1.